The number of carbonyl (C=O) groups excluding carboxylic acids is 2. The van der Waals surface area contributed by atoms with E-state index in [0.717, 1.165) is 22.5 Å². The minimum atomic E-state index is -4.11. The maximum absolute atomic E-state index is 14.1. The highest BCUT2D eigenvalue weighted by molar-refractivity contribution is 7.89. The molecule has 0 spiro atoms. The van der Waals surface area contributed by atoms with Gasteiger partial charge in [-0.15, -0.1) is 0 Å². The molecule has 0 aromatic heterocycles. The van der Waals surface area contributed by atoms with Gasteiger partial charge in [-0.3, -0.25) is 4.79 Å². The summed E-state index contributed by atoms with van der Waals surface area (Å²) in [7, 11) is -4.11. The Morgan fingerprint density at radius 2 is 1.96 bits per heavy atom. The van der Waals surface area contributed by atoms with Gasteiger partial charge in [-0.2, -0.15) is 4.31 Å². The van der Waals surface area contributed by atoms with Gasteiger partial charge in [0.05, 0.1) is 18.8 Å². The molecule has 1 fully saturated rings. The van der Waals surface area contributed by atoms with Crippen LogP contribution in [0.15, 0.2) is 23.1 Å². The zero-order valence-electron chi connectivity index (χ0n) is 15.2. The predicted molar refractivity (Wildman–Crippen MR) is 94.1 cm³/mol. The van der Waals surface area contributed by atoms with Crippen molar-refractivity contribution in [1.29, 1.82) is 0 Å². The van der Waals surface area contributed by atoms with Crippen molar-refractivity contribution in [3.63, 3.8) is 0 Å². The maximum Gasteiger partial charge on any atom is 0.338 e. The van der Waals surface area contributed by atoms with Gasteiger partial charge in [0.15, 0.2) is 6.61 Å². The number of carbonyl (C=O) groups is 2. The minimum Gasteiger partial charge on any atom is -0.452 e. The summed E-state index contributed by atoms with van der Waals surface area (Å²) in [6.07, 6.45) is 0. The van der Waals surface area contributed by atoms with Crippen molar-refractivity contribution in [2.75, 3.05) is 39.5 Å². The van der Waals surface area contributed by atoms with Crippen LogP contribution in [0.4, 0.5) is 4.39 Å². The number of sulfonamides is 1. The zero-order valence-corrected chi connectivity index (χ0v) is 16.1. The van der Waals surface area contributed by atoms with Crippen LogP contribution in [0.2, 0.25) is 0 Å². The Morgan fingerprint density at radius 3 is 2.59 bits per heavy atom. The zero-order chi connectivity index (χ0) is 20.0. The average molecular weight is 402 g/mol. The molecule has 0 unspecified atom stereocenters. The van der Waals surface area contributed by atoms with Gasteiger partial charge >= 0.3 is 5.97 Å². The molecule has 10 heteroatoms. The molecule has 0 aliphatic carbocycles. The van der Waals surface area contributed by atoms with Crippen LogP contribution in [0.5, 0.6) is 0 Å². The van der Waals surface area contributed by atoms with Crippen molar-refractivity contribution < 1.29 is 31.9 Å². The molecule has 27 heavy (non-hydrogen) atoms. The molecule has 1 aliphatic rings. The first-order chi connectivity index (χ1) is 12.7. The van der Waals surface area contributed by atoms with E-state index >= 15 is 0 Å². The second kappa shape index (κ2) is 9.25. The fourth-order valence-corrected chi connectivity index (χ4v) is 3.84. The predicted octanol–water partition coefficient (Wildman–Crippen LogP) is 0.776. The monoisotopic (exact) mass is 402 g/mol. The number of rotatable bonds is 7. The van der Waals surface area contributed by atoms with Crippen LogP contribution in [0.3, 0.4) is 0 Å². The van der Waals surface area contributed by atoms with Gasteiger partial charge in [0, 0.05) is 19.6 Å². The van der Waals surface area contributed by atoms with Crippen molar-refractivity contribution >= 4 is 21.9 Å². The second-order valence-electron chi connectivity index (χ2n) is 6.44. The lowest BCUT2D eigenvalue weighted by Gasteiger charge is -2.26. The highest BCUT2D eigenvalue weighted by Gasteiger charge is 2.30. The number of esters is 1. The summed E-state index contributed by atoms with van der Waals surface area (Å²) in [4.78, 5) is 23.1. The van der Waals surface area contributed by atoms with Gasteiger partial charge in [-0.25, -0.2) is 17.6 Å². The molecule has 0 bridgehead atoms. The van der Waals surface area contributed by atoms with Gasteiger partial charge < -0.3 is 14.8 Å². The summed E-state index contributed by atoms with van der Waals surface area (Å²) in [6.45, 7) is 4.41. The Kier molecular flexibility index (Phi) is 7.28. The molecule has 1 amide bonds. The molecule has 1 aromatic carbocycles. The molecule has 2 rings (SSSR count). The SMILES string of the molecule is CC(C)CNC(=O)COC(=O)c1ccc(F)c(S(=O)(=O)N2CCOCC2)c1. The molecule has 0 radical (unpaired) electrons. The van der Waals surface area contributed by atoms with Gasteiger partial charge in [-0.1, -0.05) is 13.8 Å². The van der Waals surface area contributed by atoms with Crippen LogP contribution < -0.4 is 5.32 Å². The van der Waals surface area contributed by atoms with Gasteiger partial charge in [0.2, 0.25) is 10.0 Å². The van der Waals surface area contributed by atoms with Crippen molar-refractivity contribution in [2.45, 2.75) is 18.7 Å². The van der Waals surface area contributed by atoms with Crippen molar-refractivity contribution in [3.8, 4) is 0 Å². The first-order valence-electron chi connectivity index (χ1n) is 8.53. The molecule has 8 nitrogen and oxygen atoms in total. The summed E-state index contributed by atoms with van der Waals surface area (Å²) in [5.41, 5.74) is -0.153. The first kappa shape index (κ1) is 21.3. The highest BCUT2D eigenvalue weighted by Crippen LogP contribution is 2.22. The normalized spacial score (nSPS) is 15.6. The topological polar surface area (TPSA) is 102 Å². The molecule has 0 atom stereocenters. The number of nitrogens with zero attached hydrogens (tertiary/aromatic N) is 1. The molecule has 1 aromatic rings. The molecule has 0 saturated carbocycles. The molecule has 1 saturated heterocycles. The Bertz CT molecular complexity index is 791. The molecular formula is C17H23FN2O6S. The van der Waals surface area contributed by atoms with E-state index in [1.807, 2.05) is 13.8 Å². The maximum atomic E-state index is 14.1. The number of amides is 1. The van der Waals surface area contributed by atoms with Gasteiger partial charge in [-0.05, 0) is 24.1 Å². The van der Waals surface area contributed by atoms with E-state index in [2.05, 4.69) is 5.32 Å². The lowest BCUT2D eigenvalue weighted by atomic mass is 10.2. The fourth-order valence-electron chi connectivity index (χ4n) is 2.34. The van der Waals surface area contributed by atoms with Crippen LogP contribution in [0.25, 0.3) is 0 Å². The standard InChI is InChI=1S/C17H23FN2O6S/c1-12(2)10-19-16(21)11-26-17(22)13-3-4-14(18)15(9-13)27(23,24)20-5-7-25-8-6-20/h3-4,9,12H,5-8,10-11H2,1-2H3,(H,19,21). The number of hydrogen-bond donors (Lipinski definition) is 1. The Morgan fingerprint density at radius 1 is 1.30 bits per heavy atom. The Hall–Kier alpha value is -2.04. The van der Waals surface area contributed by atoms with Crippen LogP contribution in [0, 0.1) is 11.7 Å². The third-order valence-electron chi connectivity index (χ3n) is 3.80. The van der Waals surface area contributed by atoms with Crippen LogP contribution in [-0.2, 0) is 24.3 Å². The smallest absolute Gasteiger partial charge is 0.338 e. The van der Waals surface area contributed by atoms with Crippen molar-refractivity contribution in [2.24, 2.45) is 5.92 Å². The third-order valence-corrected chi connectivity index (χ3v) is 5.71. The van der Waals surface area contributed by atoms with E-state index in [-0.39, 0.29) is 37.8 Å². The summed E-state index contributed by atoms with van der Waals surface area (Å²) in [5.74, 6) is -2.10. The lowest BCUT2D eigenvalue weighted by molar-refractivity contribution is -0.124. The highest BCUT2D eigenvalue weighted by atomic mass is 32.2. The number of benzene rings is 1. The van der Waals surface area contributed by atoms with E-state index in [9.17, 15) is 22.4 Å². The van der Waals surface area contributed by atoms with E-state index in [0.29, 0.717) is 6.54 Å². The van der Waals surface area contributed by atoms with Crippen LogP contribution >= 0.6 is 0 Å². The number of ether oxygens (including phenoxy) is 2. The van der Waals surface area contributed by atoms with Gasteiger partial charge in [0.1, 0.15) is 10.7 Å². The summed E-state index contributed by atoms with van der Waals surface area (Å²) in [6, 6.07) is 2.93. The molecular weight excluding hydrogens is 379 g/mol. The van der Waals surface area contributed by atoms with Gasteiger partial charge in [0.25, 0.3) is 5.91 Å². The van der Waals surface area contributed by atoms with Crippen molar-refractivity contribution in [3.05, 3.63) is 29.6 Å². The number of morpholine rings is 1. The van der Waals surface area contributed by atoms with Crippen LogP contribution in [-0.4, -0.2) is 64.1 Å². The number of halogens is 1. The minimum absolute atomic E-state index is 0.104. The number of hydrogen-bond acceptors (Lipinski definition) is 6. The quantitative estimate of drug-likeness (QED) is 0.676. The molecule has 150 valence electrons. The second-order valence-corrected chi connectivity index (χ2v) is 8.34. The van der Waals surface area contributed by atoms with E-state index in [1.54, 1.807) is 0 Å². The Balaban J connectivity index is 2.09. The van der Waals surface area contributed by atoms with Crippen LogP contribution in [0.1, 0.15) is 24.2 Å². The summed E-state index contributed by atoms with van der Waals surface area (Å²) < 4.78 is 50.4. The van der Waals surface area contributed by atoms with Crippen molar-refractivity contribution in [1.82, 2.24) is 9.62 Å². The summed E-state index contributed by atoms with van der Waals surface area (Å²) >= 11 is 0. The molecule has 1 heterocycles. The number of nitrogens with one attached hydrogen (secondary N) is 1. The average Bonchev–Trinajstić information content (AvgIpc) is 2.65. The molecule has 1 aliphatic heterocycles. The lowest BCUT2D eigenvalue weighted by Crippen LogP contribution is -2.41. The fraction of sp³-hybridized carbons (Fsp3) is 0.529. The largest absolute Gasteiger partial charge is 0.452 e. The van der Waals surface area contributed by atoms with E-state index in [4.69, 9.17) is 9.47 Å². The molecule has 1 N–H and O–H groups in total. The first-order valence-corrected chi connectivity index (χ1v) is 9.97. The Labute approximate surface area is 157 Å². The van der Waals surface area contributed by atoms with E-state index in [1.165, 1.54) is 0 Å². The van der Waals surface area contributed by atoms with E-state index < -0.39 is 39.2 Å². The summed E-state index contributed by atoms with van der Waals surface area (Å²) in [5, 5.41) is 2.59. The third kappa shape index (κ3) is 5.72.